The lowest BCUT2D eigenvalue weighted by Gasteiger charge is -2.39. The largest absolute Gasteiger partial charge is 0.487 e. The third kappa shape index (κ3) is 7.92. The molecule has 3 rings (SSSR count). The third-order valence-electron chi connectivity index (χ3n) is 6.13. The summed E-state index contributed by atoms with van der Waals surface area (Å²) in [5.41, 5.74) is 2.87. The molecule has 1 amide bonds. The van der Waals surface area contributed by atoms with Gasteiger partial charge in [0.25, 0.3) is 0 Å². The summed E-state index contributed by atoms with van der Waals surface area (Å²) >= 11 is 5.92. The van der Waals surface area contributed by atoms with E-state index >= 15 is 0 Å². The predicted octanol–water partition coefficient (Wildman–Crippen LogP) is 5.37. The van der Waals surface area contributed by atoms with Gasteiger partial charge >= 0.3 is 0 Å². The first-order valence-corrected chi connectivity index (χ1v) is 12.5. The zero-order valence-electron chi connectivity index (χ0n) is 21.5. The normalized spacial score (nSPS) is 18.8. The maximum absolute atomic E-state index is 13.6. The Balaban J connectivity index is 1.77. The van der Waals surface area contributed by atoms with E-state index in [9.17, 15) is 14.3 Å². The summed E-state index contributed by atoms with van der Waals surface area (Å²) in [4.78, 5) is 11.8. The maximum atomic E-state index is 13.6. The van der Waals surface area contributed by atoms with Gasteiger partial charge in [0.05, 0.1) is 17.2 Å². The monoisotopic (exact) mass is 504 g/mol. The van der Waals surface area contributed by atoms with E-state index in [-0.39, 0.29) is 34.5 Å². The highest BCUT2D eigenvalue weighted by Crippen LogP contribution is 2.40. The van der Waals surface area contributed by atoms with Crippen molar-refractivity contribution in [2.45, 2.75) is 84.6 Å². The molecule has 0 bridgehead atoms. The van der Waals surface area contributed by atoms with E-state index in [2.05, 4.69) is 57.4 Å². The molecule has 5 nitrogen and oxygen atoms in total. The lowest BCUT2D eigenvalue weighted by atomic mass is 9.84. The number of rotatable bonds is 8. The first-order valence-electron chi connectivity index (χ1n) is 12.2. The van der Waals surface area contributed by atoms with Gasteiger partial charge in [-0.1, -0.05) is 50.6 Å². The highest BCUT2D eigenvalue weighted by molar-refractivity contribution is 6.30. The van der Waals surface area contributed by atoms with Gasteiger partial charge in [0.15, 0.2) is 0 Å². The van der Waals surface area contributed by atoms with Crippen molar-refractivity contribution >= 4 is 17.5 Å². The van der Waals surface area contributed by atoms with Crippen LogP contribution < -0.4 is 15.4 Å². The molecule has 35 heavy (non-hydrogen) atoms. The van der Waals surface area contributed by atoms with Gasteiger partial charge in [-0.3, -0.25) is 4.79 Å². The number of benzene rings is 2. The molecule has 2 aromatic rings. The number of aliphatic hydroxyl groups is 1. The van der Waals surface area contributed by atoms with Gasteiger partial charge < -0.3 is 20.5 Å². The number of nitrogens with one attached hydrogen (secondary N) is 2. The van der Waals surface area contributed by atoms with Crippen LogP contribution in [0.15, 0.2) is 36.4 Å². The average Bonchev–Trinajstić information content (AvgIpc) is 2.72. The van der Waals surface area contributed by atoms with Crippen molar-refractivity contribution in [3.63, 3.8) is 0 Å². The molecule has 1 heterocycles. The van der Waals surface area contributed by atoms with Crippen LogP contribution in [0.4, 0.5) is 4.39 Å². The van der Waals surface area contributed by atoms with Gasteiger partial charge in [-0.2, -0.15) is 0 Å². The second-order valence-corrected chi connectivity index (χ2v) is 11.9. The van der Waals surface area contributed by atoms with Crippen molar-refractivity contribution in [3.8, 4) is 5.75 Å². The van der Waals surface area contributed by atoms with Crippen LogP contribution in [0, 0.1) is 11.2 Å². The fourth-order valence-electron chi connectivity index (χ4n) is 4.68. The van der Waals surface area contributed by atoms with Crippen LogP contribution in [0.3, 0.4) is 0 Å². The fraction of sp³-hybridized carbons (Fsp3) is 0.536. The van der Waals surface area contributed by atoms with Gasteiger partial charge in [0.2, 0.25) is 5.91 Å². The second kappa shape index (κ2) is 10.9. The molecule has 7 heteroatoms. The van der Waals surface area contributed by atoms with Crippen LogP contribution in [0.5, 0.6) is 5.75 Å². The van der Waals surface area contributed by atoms with Crippen molar-refractivity contribution < 1.29 is 19.0 Å². The summed E-state index contributed by atoms with van der Waals surface area (Å²) < 4.78 is 19.8. The molecule has 0 aromatic heterocycles. The smallest absolute Gasteiger partial charge is 0.217 e. The van der Waals surface area contributed by atoms with Crippen molar-refractivity contribution in [2.75, 3.05) is 6.54 Å². The molecule has 192 valence electrons. The zero-order valence-corrected chi connectivity index (χ0v) is 22.3. The van der Waals surface area contributed by atoms with Gasteiger partial charge in [-0.05, 0) is 61.4 Å². The Hall–Kier alpha value is -2.15. The quantitative estimate of drug-likeness (QED) is 0.452. The van der Waals surface area contributed by atoms with Gasteiger partial charge in [-0.15, -0.1) is 0 Å². The van der Waals surface area contributed by atoms with E-state index in [4.69, 9.17) is 16.3 Å². The van der Waals surface area contributed by atoms with E-state index < -0.39 is 18.0 Å². The lowest BCUT2D eigenvalue weighted by molar-refractivity contribution is -0.120. The minimum atomic E-state index is -0.866. The predicted molar refractivity (Wildman–Crippen MR) is 138 cm³/mol. The summed E-state index contributed by atoms with van der Waals surface area (Å²) in [6, 6.07) is 10.2. The number of aliphatic hydroxyl groups excluding tert-OH is 1. The van der Waals surface area contributed by atoms with Crippen molar-refractivity contribution in [3.05, 3.63) is 63.9 Å². The van der Waals surface area contributed by atoms with E-state index in [1.54, 1.807) is 6.07 Å². The first kappa shape index (κ1) is 27.4. The second-order valence-electron chi connectivity index (χ2n) is 11.5. The number of carbonyl (C=O) groups is 1. The van der Waals surface area contributed by atoms with Crippen molar-refractivity contribution in [1.82, 2.24) is 10.6 Å². The molecule has 0 aliphatic carbocycles. The number of ether oxygens (including phenoxy) is 1. The SMILES string of the molecule is CC(=O)N[C@@H](Cc1ccc(F)c(Cl)c1)[C@@H](O)CN[C@H]1CC(C)(C)Oc2ccc(CC(C)(C)C)cc21. The molecule has 3 atom stereocenters. The molecular formula is C28H38ClFN2O3. The van der Waals surface area contributed by atoms with Gasteiger partial charge in [-0.25, -0.2) is 4.39 Å². The van der Waals surface area contributed by atoms with Crippen LogP contribution in [0.25, 0.3) is 0 Å². The Labute approximate surface area is 213 Å². The van der Waals surface area contributed by atoms with Crippen LogP contribution in [0.2, 0.25) is 5.02 Å². The van der Waals surface area contributed by atoms with Gasteiger partial charge in [0, 0.05) is 31.5 Å². The number of hydrogen-bond acceptors (Lipinski definition) is 4. The third-order valence-corrected chi connectivity index (χ3v) is 6.42. The molecule has 0 radical (unpaired) electrons. The zero-order chi connectivity index (χ0) is 26.0. The molecule has 0 fully saturated rings. The number of fused-ring (bicyclic) bond motifs is 1. The Morgan fingerprint density at radius 1 is 1.23 bits per heavy atom. The molecule has 0 unspecified atom stereocenters. The minimum absolute atomic E-state index is 0.0124. The standard InChI is InChI=1S/C28H38ClFN2O3/c1-17(33)32-23(13-18-7-9-22(30)21(29)12-18)25(34)16-31-24-15-28(5,6)35-26-10-8-19(11-20(24)26)14-27(2,3)4/h7-12,23-25,31,34H,13-16H2,1-6H3,(H,32,33)/t23-,24-,25-/m0/s1. The van der Waals surface area contributed by atoms with E-state index in [0.717, 1.165) is 29.7 Å². The first-order chi connectivity index (χ1) is 16.2. The average molecular weight is 505 g/mol. The number of halogens is 2. The summed E-state index contributed by atoms with van der Waals surface area (Å²) in [7, 11) is 0. The summed E-state index contributed by atoms with van der Waals surface area (Å²) in [5, 5.41) is 17.4. The van der Waals surface area contributed by atoms with Crippen molar-refractivity contribution in [1.29, 1.82) is 0 Å². The van der Waals surface area contributed by atoms with Crippen LogP contribution in [-0.4, -0.2) is 35.3 Å². The maximum Gasteiger partial charge on any atom is 0.217 e. The highest BCUT2D eigenvalue weighted by Gasteiger charge is 2.34. The Bertz CT molecular complexity index is 1050. The van der Waals surface area contributed by atoms with Crippen LogP contribution in [0.1, 0.15) is 70.7 Å². The summed E-state index contributed by atoms with van der Waals surface area (Å²) in [5.74, 6) is 0.109. The minimum Gasteiger partial charge on any atom is -0.487 e. The summed E-state index contributed by atoms with van der Waals surface area (Å²) in [6.45, 7) is 12.4. The van der Waals surface area contributed by atoms with E-state index in [0.29, 0.717) is 6.42 Å². The Morgan fingerprint density at radius 2 is 1.91 bits per heavy atom. The van der Waals surface area contributed by atoms with E-state index in [1.165, 1.54) is 24.6 Å². The molecule has 1 aliphatic heterocycles. The Kier molecular flexibility index (Phi) is 8.51. The van der Waals surface area contributed by atoms with Gasteiger partial charge in [0.1, 0.15) is 17.2 Å². The Morgan fingerprint density at radius 3 is 2.54 bits per heavy atom. The van der Waals surface area contributed by atoms with Crippen LogP contribution in [-0.2, 0) is 17.6 Å². The molecular weight excluding hydrogens is 467 g/mol. The van der Waals surface area contributed by atoms with Crippen molar-refractivity contribution in [2.24, 2.45) is 5.41 Å². The molecule has 0 saturated heterocycles. The number of carbonyl (C=O) groups excluding carboxylic acids is 1. The summed E-state index contributed by atoms with van der Waals surface area (Å²) in [6.07, 6.45) is 1.15. The topological polar surface area (TPSA) is 70.6 Å². The molecule has 3 N–H and O–H groups in total. The molecule has 1 aliphatic rings. The molecule has 2 aromatic carbocycles. The highest BCUT2D eigenvalue weighted by atomic mass is 35.5. The lowest BCUT2D eigenvalue weighted by Crippen LogP contribution is -2.49. The number of amides is 1. The van der Waals surface area contributed by atoms with E-state index in [1.807, 2.05) is 6.07 Å². The molecule has 0 saturated carbocycles. The fourth-order valence-corrected chi connectivity index (χ4v) is 4.88. The molecule has 0 spiro atoms. The van der Waals surface area contributed by atoms with Crippen LogP contribution >= 0.6 is 11.6 Å². The number of hydrogen-bond donors (Lipinski definition) is 3.